The number of aromatic nitrogens is 3. The van der Waals surface area contributed by atoms with E-state index in [0.29, 0.717) is 19.1 Å². The number of hydrogen-bond acceptors (Lipinski definition) is 4. The second kappa shape index (κ2) is 4.94. The highest BCUT2D eigenvalue weighted by Crippen LogP contribution is 1.94. The Hall–Kier alpha value is -0.940. The van der Waals surface area contributed by atoms with Gasteiger partial charge in [0.1, 0.15) is 0 Å². The molecule has 0 fully saturated rings. The third-order valence-electron chi connectivity index (χ3n) is 1.58. The SMILES string of the molecule is CC(C)CONCc1cnnn1C. The topological polar surface area (TPSA) is 52.0 Å². The molecule has 0 saturated carbocycles. The summed E-state index contributed by atoms with van der Waals surface area (Å²) in [6.07, 6.45) is 1.71. The third-order valence-corrected chi connectivity index (χ3v) is 1.58. The molecule has 0 amide bonds. The van der Waals surface area contributed by atoms with Gasteiger partial charge in [0, 0.05) is 7.05 Å². The molecular weight excluding hydrogens is 168 g/mol. The van der Waals surface area contributed by atoms with Crippen LogP contribution < -0.4 is 5.48 Å². The second-order valence-corrected chi connectivity index (χ2v) is 3.37. The zero-order valence-electron chi connectivity index (χ0n) is 8.32. The van der Waals surface area contributed by atoms with Crippen molar-refractivity contribution in [1.82, 2.24) is 20.5 Å². The molecule has 1 aromatic rings. The van der Waals surface area contributed by atoms with Crippen molar-refractivity contribution in [3.05, 3.63) is 11.9 Å². The molecule has 0 saturated heterocycles. The van der Waals surface area contributed by atoms with E-state index in [1.165, 1.54) is 0 Å². The lowest BCUT2D eigenvalue weighted by Crippen LogP contribution is -2.18. The van der Waals surface area contributed by atoms with E-state index in [0.717, 1.165) is 5.69 Å². The van der Waals surface area contributed by atoms with Crippen molar-refractivity contribution in [1.29, 1.82) is 0 Å². The molecule has 0 bridgehead atoms. The van der Waals surface area contributed by atoms with Crippen LogP contribution in [0.3, 0.4) is 0 Å². The van der Waals surface area contributed by atoms with Gasteiger partial charge in [-0.25, -0.2) is 0 Å². The number of aryl methyl sites for hydroxylation is 1. The predicted octanol–water partition coefficient (Wildman–Crippen LogP) is 0.492. The average Bonchev–Trinajstić information content (AvgIpc) is 2.45. The van der Waals surface area contributed by atoms with Crippen LogP contribution in [0, 0.1) is 5.92 Å². The molecule has 0 aliphatic rings. The molecule has 1 aromatic heterocycles. The highest BCUT2D eigenvalue weighted by Gasteiger charge is 1.99. The van der Waals surface area contributed by atoms with E-state index in [4.69, 9.17) is 4.84 Å². The lowest BCUT2D eigenvalue weighted by atomic mass is 10.2. The fourth-order valence-corrected chi connectivity index (χ4v) is 0.822. The van der Waals surface area contributed by atoms with Gasteiger partial charge in [0.25, 0.3) is 0 Å². The van der Waals surface area contributed by atoms with Gasteiger partial charge in [-0.05, 0) is 5.92 Å². The van der Waals surface area contributed by atoms with E-state index in [2.05, 4.69) is 29.6 Å². The van der Waals surface area contributed by atoms with Crippen molar-refractivity contribution in [2.24, 2.45) is 13.0 Å². The Bertz CT molecular complexity index is 246. The predicted molar refractivity (Wildman–Crippen MR) is 48.6 cm³/mol. The summed E-state index contributed by atoms with van der Waals surface area (Å²) in [5.74, 6) is 0.539. The molecule has 1 rings (SSSR count). The van der Waals surface area contributed by atoms with E-state index < -0.39 is 0 Å². The molecule has 0 spiro atoms. The molecule has 0 aromatic carbocycles. The van der Waals surface area contributed by atoms with Crippen LogP contribution in [-0.2, 0) is 18.4 Å². The first kappa shape index (κ1) is 10.1. The van der Waals surface area contributed by atoms with Crippen molar-refractivity contribution in [2.75, 3.05) is 6.61 Å². The average molecular weight is 184 g/mol. The Balaban J connectivity index is 2.17. The maximum Gasteiger partial charge on any atom is 0.0745 e. The van der Waals surface area contributed by atoms with Crippen molar-refractivity contribution in [3.8, 4) is 0 Å². The summed E-state index contributed by atoms with van der Waals surface area (Å²) >= 11 is 0. The number of hydrogen-bond donors (Lipinski definition) is 1. The van der Waals surface area contributed by atoms with E-state index in [1.54, 1.807) is 10.9 Å². The first-order valence-corrected chi connectivity index (χ1v) is 4.38. The molecule has 5 nitrogen and oxygen atoms in total. The van der Waals surface area contributed by atoms with Crippen LogP contribution in [0.25, 0.3) is 0 Å². The summed E-state index contributed by atoms with van der Waals surface area (Å²) in [7, 11) is 1.85. The molecule has 0 unspecified atom stereocenters. The minimum absolute atomic E-state index is 0.539. The molecule has 0 aliphatic heterocycles. The third kappa shape index (κ3) is 3.52. The monoisotopic (exact) mass is 184 g/mol. The molecule has 0 aliphatic carbocycles. The van der Waals surface area contributed by atoms with Crippen LogP contribution in [-0.4, -0.2) is 21.6 Å². The van der Waals surface area contributed by atoms with Crippen LogP contribution in [0.1, 0.15) is 19.5 Å². The summed E-state index contributed by atoms with van der Waals surface area (Å²) in [5.41, 5.74) is 3.86. The maximum absolute atomic E-state index is 5.20. The standard InChI is InChI=1S/C8H16N4O/c1-7(2)6-13-10-5-8-4-9-11-12(8)3/h4,7,10H,5-6H2,1-3H3. The van der Waals surface area contributed by atoms with Gasteiger partial charge < -0.3 is 4.84 Å². The minimum atomic E-state index is 0.539. The molecule has 5 heteroatoms. The van der Waals surface area contributed by atoms with E-state index in [-0.39, 0.29) is 0 Å². The van der Waals surface area contributed by atoms with E-state index in [1.807, 2.05) is 7.05 Å². The fraction of sp³-hybridized carbons (Fsp3) is 0.750. The number of hydroxylamine groups is 1. The van der Waals surface area contributed by atoms with Gasteiger partial charge >= 0.3 is 0 Å². The second-order valence-electron chi connectivity index (χ2n) is 3.37. The van der Waals surface area contributed by atoms with Gasteiger partial charge in [-0.1, -0.05) is 19.1 Å². The molecule has 1 N–H and O–H groups in total. The van der Waals surface area contributed by atoms with Gasteiger partial charge in [-0.2, -0.15) is 5.48 Å². The summed E-state index contributed by atoms with van der Waals surface area (Å²) in [6, 6.07) is 0. The first-order valence-electron chi connectivity index (χ1n) is 4.38. The molecule has 74 valence electrons. The Morgan fingerprint density at radius 2 is 2.38 bits per heavy atom. The Morgan fingerprint density at radius 1 is 1.62 bits per heavy atom. The number of nitrogens with zero attached hydrogens (tertiary/aromatic N) is 3. The summed E-state index contributed by atoms with van der Waals surface area (Å²) in [6.45, 7) is 5.56. The van der Waals surface area contributed by atoms with Gasteiger partial charge in [-0.3, -0.25) is 4.68 Å². The van der Waals surface area contributed by atoms with Gasteiger partial charge in [0.15, 0.2) is 0 Å². The van der Waals surface area contributed by atoms with Crippen LogP contribution in [0.15, 0.2) is 6.20 Å². The molecular formula is C8H16N4O. The van der Waals surface area contributed by atoms with E-state index in [9.17, 15) is 0 Å². The van der Waals surface area contributed by atoms with Crippen molar-refractivity contribution in [2.45, 2.75) is 20.4 Å². The summed E-state index contributed by atoms with van der Waals surface area (Å²) in [4.78, 5) is 5.20. The maximum atomic E-state index is 5.20. The molecule has 1 heterocycles. The van der Waals surface area contributed by atoms with Crippen LogP contribution >= 0.6 is 0 Å². The van der Waals surface area contributed by atoms with Gasteiger partial charge in [0.2, 0.25) is 0 Å². The quantitative estimate of drug-likeness (QED) is 0.534. The zero-order chi connectivity index (χ0) is 9.68. The number of nitrogens with one attached hydrogen (secondary N) is 1. The first-order chi connectivity index (χ1) is 6.20. The minimum Gasteiger partial charge on any atom is -0.301 e. The number of rotatable bonds is 5. The van der Waals surface area contributed by atoms with Crippen molar-refractivity contribution < 1.29 is 4.84 Å². The Morgan fingerprint density at radius 3 is 2.92 bits per heavy atom. The smallest absolute Gasteiger partial charge is 0.0745 e. The molecule has 0 atom stereocenters. The van der Waals surface area contributed by atoms with Crippen LogP contribution in [0.2, 0.25) is 0 Å². The highest BCUT2D eigenvalue weighted by atomic mass is 16.6. The summed E-state index contributed by atoms with van der Waals surface area (Å²) in [5, 5.41) is 7.55. The van der Waals surface area contributed by atoms with Gasteiger partial charge in [0.05, 0.1) is 25.0 Å². The normalized spacial score (nSPS) is 11.1. The van der Waals surface area contributed by atoms with Crippen molar-refractivity contribution in [3.63, 3.8) is 0 Å². The summed E-state index contributed by atoms with van der Waals surface area (Å²) < 4.78 is 1.71. The molecule has 0 radical (unpaired) electrons. The van der Waals surface area contributed by atoms with Gasteiger partial charge in [-0.15, -0.1) is 5.10 Å². The fourth-order valence-electron chi connectivity index (χ4n) is 0.822. The Kier molecular flexibility index (Phi) is 3.85. The van der Waals surface area contributed by atoms with Crippen molar-refractivity contribution >= 4 is 0 Å². The largest absolute Gasteiger partial charge is 0.301 e. The van der Waals surface area contributed by atoms with E-state index >= 15 is 0 Å². The molecule has 13 heavy (non-hydrogen) atoms. The zero-order valence-corrected chi connectivity index (χ0v) is 8.32. The lowest BCUT2D eigenvalue weighted by Gasteiger charge is -2.07. The lowest BCUT2D eigenvalue weighted by molar-refractivity contribution is 0.0185. The van der Waals surface area contributed by atoms with Crippen LogP contribution in [0.4, 0.5) is 0 Å². The van der Waals surface area contributed by atoms with Crippen LogP contribution in [0.5, 0.6) is 0 Å². The highest BCUT2D eigenvalue weighted by molar-refractivity contribution is 4.91. The Labute approximate surface area is 78.0 Å².